The highest BCUT2D eigenvalue weighted by Crippen LogP contribution is 2.22. The van der Waals surface area contributed by atoms with Crippen molar-refractivity contribution in [2.45, 2.75) is 6.04 Å². The van der Waals surface area contributed by atoms with Crippen molar-refractivity contribution in [3.8, 4) is 0 Å². The number of nitrogens with one attached hydrogen (secondary N) is 2. The van der Waals surface area contributed by atoms with Crippen molar-refractivity contribution >= 4 is 5.91 Å². The van der Waals surface area contributed by atoms with Gasteiger partial charge in [0.1, 0.15) is 5.69 Å². The molecule has 0 aliphatic heterocycles. The van der Waals surface area contributed by atoms with Gasteiger partial charge in [-0.2, -0.15) is 0 Å². The molecule has 3 heteroatoms. The van der Waals surface area contributed by atoms with Gasteiger partial charge in [-0.15, -0.1) is 0 Å². The van der Waals surface area contributed by atoms with Crippen molar-refractivity contribution in [2.75, 3.05) is 0 Å². The largest absolute Gasteiger partial charge is 0.357 e. The lowest BCUT2D eigenvalue weighted by Crippen LogP contribution is -2.29. The SMILES string of the molecule is O=C(NC(c1ccccc1)c1ccccc1)c1ccc[nH]1. The van der Waals surface area contributed by atoms with Crippen molar-refractivity contribution in [2.24, 2.45) is 0 Å². The van der Waals surface area contributed by atoms with Crippen LogP contribution in [0.3, 0.4) is 0 Å². The second-order valence-electron chi connectivity index (χ2n) is 4.81. The summed E-state index contributed by atoms with van der Waals surface area (Å²) in [7, 11) is 0. The third-order valence-electron chi connectivity index (χ3n) is 3.38. The van der Waals surface area contributed by atoms with Gasteiger partial charge in [-0.1, -0.05) is 60.7 Å². The van der Waals surface area contributed by atoms with Crippen molar-refractivity contribution < 1.29 is 4.79 Å². The van der Waals surface area contributed by atoms with Gasteiger partial charge in [-0.3, -0.25) is 4.79 Å². The molecule has 0 saturated carbocycles. The standard InChI is InChI=1S/C18H16N2O/c21-18(16-12-7-13-19-16)20-17(14-8-3-1-4-9-14)15-10-5-2-6-11-15/h1-13,17,19H,(H,20,21). The van der Waals surface area contributed by atoms with Gasteiger partial charge in [0.2, 0.25) is 0 Å². The molecule has 2 N–H and O–H groups in total. The second kappa shape index (κ2) is 6.09. The van der Waals surface area contributed by atoms with Crippen LogP contribution in [0.15, 0.2) is 79.0 Å². The van der Waals surface area contributed by atoms with E-state index in [-0.39, 0.29) is 11.9 Å². The molecule has 0 aliphatic rings. The van der Waals surface area contributed by atoms with Crippen LogP contribution in [-0.4, -0.2) is 10.9 Å². The summed E-state index contributed by atoms with van der Waals surface area (Å²) < 4.78 is 0. The summed E-state index contributed by atoms with van der Waals surface area (Å²) in [5, 5.41) is 3.08. The smallest absolute Gasteiger partial charge is 0.268 e. The Labute approximate surface area is 123 Å². The lowest BCUT2D eigenvalue weighted by Gasteiger charge is -2.19. The number of carbonyl (C=O) groups is 1. The highest BCUT2D eigenvalue weighted by Gasteiger charge is 2.17. The first kappa shape index (κ1) is 13.2. The van der Waals surface area contributed by atoms with Crippen molar-refractivity contribution in [1.82, 2.24) is 10.3 Å². The minimum Gasteiger partial charge on any atom is -0.357 e. The zero-order chi connectivity index (χ0) is 14.5. The van der Waals surface area contributed by atoms with Crippen LogP contribution in [0.4, 0.5) is 0 Å². The molecule has 0 aliphatic carbocycles. The molecule has 0 saturated heterocycles. The van der Waals surface area contributed by atoms with E-state index in [4.69, 9.17) is 0 Å². The Morgan fingerprint density at radius 1 is 0.810 bits per heavy atom. The zero-order valence-electron chi connectivity index (χ0n) is 11.5. The zero-order valence-corrected chi connectivity index (χ0v) is 11.5. The first-order valence-corrected chi connectivity index (χ1v) is 6.89. The fourth-order valence-electron chi connectivity index (χ4n) is 2.33. The predicted octanol–water partition coefficient (Wildman–Crippen LogP) is 3.53. The van der Waals surface area contributed by atoms with Gasteiger partial charge < -0.3 is 10.3 Å². The predicted molar refractivity (Wildman–Crippen MR) is 83.0 cm³/mol. The molecule has 0 bridgehead atoms. The molecule has 1 aromatic heterocycles. The number of H-pyrrole nitrogens is 1. The number of rotatable bonds is 4. The average molecular weight is 276 g/mol. The summed E-state index contributed by atoms with van der Waals surface area (Å²) in [6, 6.07) is 23.4. The Morgan fingerprint density at radius 2 is 1.38 bits per heavy atom. The number of aromatic amines is 1. The van der Waals surface area contributed by atoms with E-state index in [2.05, 4.69) is 10.3 Å². The van der Waals surface area contributed by atoms with Crippen LogP contribution in [0.2, 0.25) is 0 Å². The summed E-state index contributed by atoms with van der Waals surface area (Å²) in [6.07, 6.45) is 1.74. The number of benzene rings is 2. The molecule has 21 heavy (non-hydrogen) atoms. The fourth-order valence-corrected chi connectivity index (χ4v) is 2.33. The van der Waals surface area contributed by atoms with Crippen LogP contribution in [0.5, 0.6) is 0 Å². The summed E-state index contributed by atoms with van der Waals surface area (Å²) in [4.78, 5) is 15.3. The molecule has 0 fully saturated rings. The Hall–Kier alpha value is -2.81. The first-order chi connectivity index (χ1) is 10.3. The molecule has 0 unspecified atom stereocenters. The summed E-state index contributed by atoms with van der Waals surface area (Å²) in [5.41, 5.74) is 2.68. The van der Waals surface area contributed by atoms with Gasteiger partial charge in [-0.05, 0) is 23.3 Å². The van der Waals surface area contributed by atoms with Crippen LogP contribution in [0.25, 0.3) is 0 Å². The highest BCUT2D eigenvalue weighted by atomic mass is 16.1. The van der Waals surface area contributed by atoms with E-state index in [9.17, 15) is 4.79 Å². The van der Waals surface area contributed by atoms with Gasteiger partial charge in [-0.25, -0.2) is 0 Å². The number of hydrogen-bond donors (Lipinski definition) is 2. The fraction of sp³-hybridized carbons (Fsp3) is 0.0556. The lowest BCUT2D eigenvalue weighted by atomic mass is 9.98. The Balaban J connectivity index is 1.92. The first-order valence-electron chi connectivity index (χ1n) is 6.89. The van der Waals surface area contributed by atoms with E-state index >= 15 is 0 Å². The maximum atomic E-state index is 12.3. The number of amides is 1. The van der Waals surface area contributed by atoms with Gasteiger partial charge in [0.15, 0.2) is 0 Å². The van der Waals surface area contributed by atoms with Crippen molar-refractivity contribution in [1.29, 1.82) is 0 Å². The van der Waals surface area contributed by atoms with E-state index in [0.29, 0.717) is 5.69 Å². The van der Waals surface area contributed by atoms with Crippen LogP contribution in [0.1, 0.15) is 27.7 Å². The maximum Gasteiger partial charge on any atom is 0.268 e. The molecule has 1 amide bonds. The molecule has 0 spiro atoms. The molecule has 1 heterocycles. The molecule has 3 rings (SSSR count). The number of aromatic nitrogens is 1. The third-order valence-corrected chi connectivity index (χ3v) is 3.38. The number of carbonyl (C=O) groups excluding carboxylic acids is 1. The van der Waals surface area contributed by atoms with Crippen LogP contribution >= 0.6 is 0 Å². The third kappa shape index (κ3) is 3.03. The highest BCUT2D eigenvalue weighted by molar-refractivity contribution is 5.92. The van der Waals surface area contributed by atoms with E-state index in [1.807, 2.05) is 66.7 Å². The number of hydrogen-bond acceptors (Lipinski definition) is 1. The molecule has 3 aromatic rings. The van der Waals surface area contributed by atoms with E-state index < -0.39 is 0 Å². The Morgan fingerprint density at radius 3 is 1.86 bits per heavy atom. The van der Waals surface area contributed by atoms with Gasteiger partial charge in [0.25, 0.3) is 5.91 Å². The molecular weight excluding hydrogens is 260 g/mol. The molecule has 104 valence electrons. The minimum atomic E-state index is -0.164. The Kier molecular flexibility index (Phi) is 3.83. The van der Waals surface area contributed by atoms with Crippen LogP contribution < -0.4 is 5.32 Å². The van der Waals surface area contributed by atoms with E-state index in [0.717, 1.165) is 11.1 Å². The minimum absolute atomic E-state index is 0.113. The van der Waals surface area contributed by atoms with Crippen LogP contribution in [0, 0.1) is 0 Å². The van der Waals surface area contributed by atoms with Crippen LogP contribution in [-0.2, 0) is 0 Å². The summed E-state index contributed by atoms with van der Waals surface area (Å²) in [6.45, 7) is 0. The monoisotopic (exact) mass is 276 g/mol. The van der Waals surface area contributed by atoms with Gasteiger partial charge >= 0.3 is 0 Å². The topological polar surface area (TPSA) is 44.9 Å². The summed E-state index contributed by atoms with van der Waals surface area (Å²) in [5.74, 6) is -0.113. The van der Waals surface area contributed by atoms with E-state index in [1.165, 1.54) is 0 Å². The molecular formula is C18H16N2O. The van der Waals surface area contributed by atoms with E-state index in [1.54, 1.807) is 12.3 Å². The van der Waals surface area contributed by atoms with Gasteiger partial charge in [0.05, 0.1) is 6.04 Å². The lowest BCUT2D eigenvalue weighted by molar-refractivity contribution is 0.0938. The molecule has 3 nitrogen and oxygen atoms in total. The molecule has 0 atom stereocenters. The molecule has 2 aromatic carbocycles. The van der Waals surface area contributed by atoms with Crippen molar-refractivity contribution in [3.63, 3.8) is 0 Å². The average Bonchev–Trinajstić information content (AvgIpc) is 3.09. The van der Waals surface area contributed by atoms with Crippen molar-refractivity contribution in [3.05, 3.63) is 95.8 Å². The second-order valence-corrected chi connectivity index (χ2v) is 4.81. The Bertz CT molecular complexity index is 651. The van der Waals surface area contributed by atoms with Gasteiger partial charge in [0, 0.05) is 6.20 Å². The quantitative estimate of drug-likeness (QED) is 0.752. The molecule has 0 radical (unpaired) electrons. The summed E-state index contributed by atoms with van der Waals surface area (Å²) >= 11 is 0. The maximum absolute atomic E-state index is 12.3. The normalized spacial score (nSPS) is 10.5.